The summed E-state index contributed by atoms with van der Waals surface area (Å²) in [5, 5.41) is 22.1. The van der Waals surface area contributed by atoms with Crippen molar-refractivity contribution in [1.82, 2.24) is 4.72 Å². The summed E-state index contributed by atoms with van der Waals surface area (Å²) in [5.41, 5.74) is 1.54. The van der Waals surface area contributed by atoms with Crippen LogP contribution in [-0.2, 0) is 16.4 Å². The van der Waals surface area contributed by atoms with Crippen molar-refractivity contribution in [3.8, 4) is 0 Å². The van der Waals surface area contributed by atoms with Gasteiger partial charge in [0.1, 0.15) is 0 Å². The molecule has 0 aromatic heterocycles. The number of carbonyl (C=O) groups excluding carboxylic acids is 1. The van der Waals surface area contributed by atoms with E-state index in [9.17, 15) is 28.4 Å². The van der Waals surface area contributed by atoms with Crippen molar-refractivity contribution in [3.05, 3.63) is 81.4 Å². The number of benzene rings is 3. The third kappa shape index (κ3) is 3.39. The fraction of sp³-hybridized carbons (Fsp3) is 0.150. The summed E-state index contributed by atoms with van der Waals surface area (Å²) in [6.45, 7) is -0.304. The minimum atomic E-state index is -3.96. The normalized spacial score (nSPS) is 14.3. The van der Waals surface area contributed by atoms with Crippen molar-refractivity contribution in [2.45, 2.75) is 17.4 Å². The lowest BCUT2D eigenvalue weighted by Crippen LogP contribution is -2.28. The maximum atomic E-state index is 12.9. The van der Waals surface area contributed by atoms with E-state index < -0.39 is 21.1 Å². The van der Waals surface area contributed by atoms with E-state index in [1.54, 1.807) is 24.3 Å². The molecule has 0 saturated heterocycles. The molecule has 0 saturated carbocycles. The van der Waals surface area contributed by atoms with Gasteiger partial charge >= 0.3 is 0 Å². The molecule has 1 aliphatic carbocycles. The quantitative estimate of drug-likeness (QED) is 0.473. The summed E-state index contributed by atoms with van der Waals surface area (Å²) < 4.78 is 28.1. The van der Waals surface area contributed by atoms with Crippen LogP contribution >= 0.6 is 0 Å². The van der Waals surface area contributed by atoms with Crippen molar-refractivity contribution in [2.24, 2.45) is 0 Å². The van der Waals surface area contributed by atoms with E-state index in [1.807, 2.05) is 0 Å². The van der Waals surface area contributed by atoms with Crippen molar-refractivity contribution in [2.75, 3.05) is 6.54 Å². The molecule has 29 heavy (non-hydrogen) atoms. The van der Waals surface area contributed by atoms with Gasteiger partial charge in [-0.1, -0.05) is 24.3 Å². The number of Topliss-reactive ketones (excluding diaryl/α,β-unsaturated/α-hetero) is 1. The zero-order valence-corrected chi connectivity index (χ0v) is 15.8. The summed E-state index contributed by atoms with van der Waals surface area (Å²) in [4.78, 5) is 22.3. The van der Waals surface area contributed by atoms with Gasteiger partial charge in [0.25, 0.3) is 5.69 Å². The summed E-state index contributed by atoms with van der Waals surface area (Å²) in [6.07, 6.45) is -0.924. The highest BCUT2D eigenvalue weighted by Crippen LogP contribution is 2.34. The van der Waals surface area contributed by atoms with Gasteiger partial charge < -0.3 is 5.11 Å². The number of nitrogens with zero attached hydrogens (tertiary/aromatic N) is 1. The van der Waals surface area contributed by atoms with Crippen LogP contribution in [0.1, 0.15) is 27.6 Å². The fourth-order valence-electron chi connectivity index (χ4n) is 3.54. The molecule has 4 rings (SSSR count). The van der Waals surface area contributed by atoms with E-state index >= 15 is 0 Å². The average molecular weight is 412 g/mol. The maximum Gasteiger partial charge on any atom is 0.269 e. The van der Waals surface area contributed by atoms with Crippen molar-refractivity contribution in [3.63, 3.8) is 0 Å². The van der Waals surface area contributed by atoms with Crippen LogP contribution in [0.4, 0.5) is 5.69 Å². The average Bonchev–Trinajstić information content (AvgIpc) is 3.04. The third-order valence-electron chi connectivity index (χ3n) is 4.98. The lowest BCUT2D eigenvalue weighted by atomic mass is 10.1. The Hall–Kier alpha value is -3.14. The second-order valence-electron chi connectivity index (χ2n) is 6.77. The SMILES string of the molecule is O=C1Cc2ccc(S(=O)(=O)NCC(O)c3ccc([N+](=O)[O-])cc3)c3cccc1c23. The first-order chi connectivity index (χ1) is 13.8. The molecule has 1 aliphatic rings. The van der Waals surface area contributed by atoms with E-state index in [2.05, 4.69) is 4.72 Å². The van der Waals surface area contributed by atoms with Crippen LogP contribution in [0.15, 0.2) is 59.5 Å². The summed E-state index contributed by atoms with van der Waals surface area (Å²) in [5.74, 6) is -0.0401. The third-order valence-corrected chi connectivity index (χ3v) is 6.46. The molecular formula is C20H16N2O6S. The molecule has 2 N–H and O–H groups in total. The molecule has 0 aliphatic heterocycles. The summed E-state index contributed by atoms with van der Waals surface area (Å²) >= 11 is 0. The van der Waals surface area contributed by atoms with Crippen molar-refractivity contribution >= 4 is 32.3 Å². The largest absolute Gasteiger partial charge is 0.387 e. The number of hydrogen-bond acceptors (Lipinski definition) is 6. The number of aliphatic hydroxyl groups excluding tert-OH is 1. The van der Waals surface area contributed by atoms with Crippen LogP contribution in [0, 0.1) is 10.1 Å². The maximum absolute atomic E-state index is 12.9. The number of hydrogen-bond donors (Lipinski definition) is 2. The zero-order chi connectivity index (χ0) is 20.8. The van der Waals surface area contributed by atoms with E-state index in [4.69, 9.17) is 0 Å². The number of non-ortho nitro benzene ring substituents is 1. The number of carbonyl (C=O) groups is 1. The van der Waals surface area contributed by atoms with Gasteiger partial charge in [0, 0.05) is 36.0 Å². The van der Waals surface area contributed by atoms with E-state index in [0.717, 1.165) is 5.56 Å². The predicted octanol–water partition coefficient (Wildman–Crippen LogP) is 2.50. The van der Waals surface area contributed by atoms with Gasteiger partial charge in [0.2, 0.25) is 10.0 Å². The molecule has 0 bridgehead atoms. The number of sulfonamides is 1. The zero-order valence-electron chi connectivity index (χ0n) is 15.0. The smallest absolute Gasteiger partial charge is 0.269 e. The standard InChI is InChI=1S/C20H16N2O6S/c23-17-10-13-6-9-19(16-3-1-2-15(17)20(13)16)29(27,28)21-11-18(24)12-4-7-14(8-5-12)22(25)26/h1-9,18,21,24H,10-11H2. The van der Waals surface area contributed by atoms with Gasteiger partial charge in [0.15, 0.2) is 5.78 Å². The highest BCUT2D eigenvalue weighted by molar-refractivity contribution is 7.89. The molecule has 0 radical (unpaired) electrons. The molecule has 0 fully saturated rings. The lowest BCUT2D eigenvalue weighted by molar-refractivity contribution is -0.384. The molecule has 1 atom stereocenters. The first-order valence-electron chi connectivity index (χ1n) is 8.78. The molecule has 9 heteroatoms. The molecule has 1 unspecified atom stereocenters. The van der Waals surface area contributed by atoms with Crippen LogP contribution in [-0.4, -0.2) is 30.8 Å². The summed E-state index contributed by atoms with van der Waals surface area (Å²) in [6, 6.07) is 13.3. The van der Waals surface area contributed by atoms with Crippen LogP contribution in [0.5, 0.6) is 0 Å². The Morgan fingerprint density at radius 2 is 1.83 bits per heavy atom. The van der Waals surface area contributed by atoms with Gasteiger partial charge in [-0.25, -0.2) is 13.1 Å². The molecule has 0 spiro atoms. The molecule has 3 aromatic rings. The first-order valence-corrected chi connectivity index (χ1v) is 10.3. The number of aliphatic hydroxyl groups is 1. The molecule has 8 nitrogen and oxygen atoms in total. The highest BCUT2D eigenvalue weighted by Gasteiger charge is 2.26. The molecule has 148 valence electrons. The van der Waals surface area contributed by atoms with Gasteiger partial charge in [0.05, 0.1) is 15.9 Å². The molecule has 3 aromatic carbocycles. The number of ketones is 1. The minimum Gasteiger partial charge on any atom is -0.387 e. The van der Waals surface area contributed by atoms with Crippen LogP contribution in [0.25, 0.3) is 10.8 Å². The Morgan fingerprint density at radius 1 is 1.10 bits per heavy atom. The second-order valence-corrected chi connectivity index (χ2v) is 8.50. The van der Waals surface area contributed by atoms with Crippen molar-refractivity contribution in [1.29, 1.82) is 0 Å². The molecular weight excluding hydrogens is 396 g/mol. The van der Waals surface area contributed by atoms with Crippen LogP contribution in [0.2, 0.25) is 0 Å². The Bertz CT molecular complexity index is 1250. The van der Waals surface area contributed by atoms with E-state index in [-0.39, 0.29) is 29.3 Å². The summed E-state index contributed by atoms with van der Waals surface area (Å²) in [7, 11) is -3.96. The predicted molar refractivity (Wildman–Crippen MR) is 105 cm³/mol. The second kappa shape index (κ2) is 7.03. The number of rotatable bonds is 6. The highest BCUT2D eigenvalue weighted by atomic mass is 32.2. The number of nitro groups is 1. The van der Waals surface area contributed by atoms with Crippen LogP contribution < -0.4 is 4.72 Å². The Balaban J connectivity index is 1.59. The molecule has 0 amide bonds. The van der Waals surface area contributed by atoms with E-state index in [0.29, 0.717) is 21.9 Å². The Morgan fingerprint density at radius 3 is 2.52 bits per heavy atom. The lowest BCUT2D eigenvalue weighted by Gasteiger charge is -2.14. The van der Waals surface area contributed by atoms with Gasteiger partial charge in [-0.05, 0) is 34.7 Å². The fourth-order valence-corrected chi connectivity index (χ4v) is 4.78. The monoisotopic (exact) mass is 412 g/mol. The first kappa shape index (κ1) is 19.2. The Kier molecular flexibility index (Phi) is 4.65. The van der Waals surface area contributed by atoms with Crippen molar-refractivity contribution < 1.29 is 23.2 Å². The Labute approximate surface area is 166 Å². The number of nitro benzene ring substituents is 1. The minimum absolute atomic E-state index is 0.0312. The number of nitrogens with one attached hydrogen (secondary N) is 1. The molecule has 0 heterocycles. The topological polar surface area (TPSA) is 127 Å². The van der Waals surface area contributed by atoms with E-state index in [1.165, 1.54) is 30.3 Å². The van der Waals surface area contributed by atoms with Crippen LogP contribution in [0.3, 0.4) is 0 Å². The van der Waals surface area contributed by atoms with Gasteiger partial charge in [-0.15, -0.1) is 0 Å². The van der Waals surface area contributed by atoms with Gasteiger partial charge in [-0.3, -0.25) is 14.9 Å². The van der Waals surface area contributed by atoms with Gasteiger partial charge in [-0.2, -0.15) is 0 Å².